The van der Waals surface area contributed by atoms with E-state index < -0.39 is 0 Å². The first-order chi connectivity index (χ1) is 4.79. The van der Waals surface area contributed by atoms with E-state index in [9.17, 15) is 0 Å². The molecule has 3 heteroatoms. The van der Waals surface area contributed by atoms with Gasteiger partial charge in [0.1, 0.15) is 0 Å². The molecule has 1 N–H and O–H groups in total. The monoisotopic (exact) mass is 460 g/mol. The van der Waals surface area contributed by atoms with Gasteiger partial charge in [-0.1, -0.05) is 20.8 Å². The van der Waals surface area contributed by atoms with E-state index in [1.807, 2.05) is 26.8 Å². The average Bonchev–Trinajstić information content (AvgIpc) is 2.00. The smallest absolute Gasteiger partial charge is 0.00399 e. The van der Waals surface area contributed by atoms with Gasteiger partial charge in [0.2, 0.25) is 0 Å². The van der Waals surface area contributed by atoms with Crippen LogP contribution in [0.2, 0.25) is 0 Å². The Hall–Kier alpha value is -1.46. The fraction of sp³-hybridized carbons (Fsp3) is 0.333. The van der Waals surface area contributed by atoms with E-state index in [2.05, 4.69) is 6.07 Å². The largest absolute Gasteiger partial charge is 0.534 e. The van der Waals surface area contributed by atoms with Crippen LogP contribution < -0.4 is 0 Å². The Morgan fingerprint density at radius 2 is 1.75 bits per heavy atom. The van der Waals surface area contributed by atoms with Crippen LogP contribution in [0.25, 0.3) is 0 Å². The topological polar surface area (TPSA) is 20.2 Å². The quantitative estimate of drug-likeness (QED) is 0.467. The number of hydrogen-bond acceptors (Lipinski definition) is 1. The average molecular weight is 460 g/mol. The van der Waals surface area contributed by atoms with E-state index in [-0.39, 0.29) is 22.8 Å². The molecule has 0 amide bonds. The van der Waals surface area contributed by atoms with Crippen LogP contribution in [-0.4, -0.2) is 5.11 Å². The van der Waals surface area contributed by atoms with E-state index in [1.54, 1.807) is 12.1 Å². The zero-order valence-corrected chi connectivity index (χ0v) is 15.2. The van der Waals surface area contributed by atoms with E-state index >= 15 is 0 Å². The van der Waals surface area contributed by atoms with Crippen LogP contribution in [0.4, 0.5) is 0 Å². The van der Waals surface area contributed by atoms with Crippen LogP contribution in [-0.2, 0) is 17.1 Å². The summed E-state index contributed by atoms with van der Waals surface area (Å²) < 4.78 is 0. The van der Waals surface area contributed by atoms with Crippen molar-refractivity contribution in [3.05, 3.63) is 29.8 Å². The van der Waals surface area contributed by atoms with E-state index in [1.165, 1.54) is 0 Å². The molecule has 12 heavy (non-hydrogen) atoms. The van der Waals surface area contributed by atoms with Crippen LogP contribution in [0.5, 0.6) is 5.75 Å². The SMILES string of the molecule is CC.Cc1c[c-]c(O)cc1.[Fe].[Rf]. The van der Waals surface area contributed by atoms with Gasteiger partial charge in [0.05, 0.1) is 0 Å². The molecule has 1 nitrogen and oxygen atoms in total. The van der Waals surface area contributed by atoms with Crippen molar-refractivity contribution in [3.63, 3.8) is 0 Å². The first-order valence-electron chi connectivity index (χ1n) is 3.46. The molecule has 0 aliphatic rings. The van der Waals surface area contributed by atoms with Crippen LogP contribution >= 0.6 is 0 Å². The maximum Gasteiger partial charge on any atom is 0.00399 e. The number of phenolic OH excluding ortho intramolecular Hbond substituents is 1. The molecule has 0 saturated heterocycles. The summed E-state index contributed by atoms with van der Waals surface area (Å²) in [6, 6.07) is 7.86. The molecular formula is C9H13FeORf-. The second-order valence-electron chi connectivity index (χ2n) is 1.75. The predicted molar refractivity (Wildman–Crippen MR) is 43.0 cm³/mol. The summed E-state index contributed by atoms with van der Waals surface area (Å²) in [7, 11) is 0. The van der Waals surface area contributed by atoms with Gasteiger partial charge in [0, 0.05) is 22.8 Å². The number of phenols is 1. The minimum atomic E-state index is 0. The Labute approximate surface area is 78.9 Å². The molecule has 0 unspecified atom stereocenters. The van der Waals surface area contributed by atoms with Crippen molar-refractivity contribution >= 4 is 0 Å². The van der Waals surface area contributed by atoms with E-state index in [0.29, 0.717) is 0 Å². The number of aryl methyl sites for hydroxylation is 1. The number of benzene rings is 1. The molecule has 0 aliphatic carbocycles. The van der Waals surface area contributed by atoms with Gasteiger partial charge in [-0.15, -0.1) is 12.1 Å². The fourth-order valence-corrected chi connectivity index (χ4v) is 0.494. The third-order valence-corrected chi connectivity index (χ3v) is 0.952. The number of rotatable bonds is 0. The molecule has 0 spiro atoms. The summed E-state index contributed by atoms with van der Waals surface area (Å²) in [6.45, 7) is 5.95. The van der Waals surface area contributed by atoms with E-state index in [0.717, 1.165) is 5.56 Å². The molecule has 0 atom stereocenters. The minimum absolute atomic E-state index is 0. The molecule has 66 valence electrons. The molecule has 0 saturated carbocycles. The molecular weight excluding hydrogens is 447 g/mol. The zero-order valence-electron chi connectivity index (χ0n) is 7.74. The maximum atomic E-state index is 8.70. The van der Waals surface area contributed by atoms with Crippen molar-refractivity contribution in [3.8, 4) is 5.75 Å². The Morgan fingerprint density at radius 3 is 2.00 bits per heavy atom. The Bertz CT molecular complexity index is 153. The fourth-order valence-electron chi connectivity index (χ4n) is 0.494. The van der Waals surface area contributed by atoms with Gasteiger partial charge >= 0.3 is 0 Å². The molecule has 1 aromatic carbocycles. The molecule has 0 aromatic heterocycles. The van der Waals surface area contributed by atoms with Crippen molar-refractivity contribution < 1.29 is 22.2 Å². The molecule has 1 rings (SSSR count). The molecule has 0 bridgehead atoms. The summed E-state index contributed by atoms with van der Waals surface area (Å²) in [5, 5.41) is 8.70. The molecule has 1 aromatic rings. The van der Waals surface area contributed by atoms with Gasteiger partial charge in [-0.3, -0.25) is 0 Å². The first kappa shape index (κ1) is 16.9. The van der Waals surface area contributed by atoms with Gasteiger partial charge in [0.25, 0.3) is 0 Å². The van der Waals surface area contributed by atoms with Crippen molar-refractivity contribution in [1.29, 1.82) is 0 Å². The van der Waals surface area contributed by atoms with Gasteiger partial charge in [0.15, 0.2) is 0 Å². The Balaban J connectivity index is -0.000000189. The predicted octanol–water partition coefficient (Wildman–Crippen LogP) is 2.52. The summed E-state index contributed by atoms with van der Waals surface area (Å²) in [5.74, 6) is 0.204. The van der Waals surface area contributed by atoms with Gasteiger partial charge in [-0.2, -0.15) is 17.7 Å². The van der Waals surface area contributed by atoms with Crippen molar-refractivity contribution in [2.45, 2.75) is 20.8 Å². The summed E-state index contributed by atoms with van der Waals surface area (Å²) >= 11 is 0. The second-order valence-corrected chi connectivity index (χ2v) is 1.75. The molecule has 0 radical (unpaired) electrons. The van der Waals surface area contributed by atoms with E-state index in [4.69, 9.17) is 5.11 Å². The maximum absolute atomic E-state index is 8.70. The van der Waals surface area contributed by atoms with Crippen molar-refractivity contribution in [2.24, 2.45) is 0 Å². The zero-order chi connectivity index (χ0) is 7.98. The van der Waals surface area contributed by atoms with Crippen LogP contribution in [0.1, 0.15) is 19.4 Å². The summed E-state index contributed by atoms with van der Waals surface area (Å²) in [6.07, 6.45) is 0. The molecule has 0 aliphatic heterocycles. The Morgan fingerprint density at radius 1 is 1.25 bits per heavy atom. The van der Waals surface area contributed by atoms with Crippen molar-refractivity contribution in [1.82, 2.24) is 0 Å². The van der Waals surface area contributed by atoms with Gasteiger partial charge in [-0.05, 0) is 0 Å². The van der Waals surface area contributed by atoms with Crippen LogP contribution in [0.15, 0.2) is 18.2 Å². The third-order valence-electron chi connectivity index (χ3n) is 0.952. The molecule has 0 fully saturated rings. The normalized spacial score (nSPS) is 6.58. The van der Waals surface area contributed by atoms with Crippen LogP contribution in [0.3, 0.4) is 0 Å². The minimum Gasteiger partial charge on any atom is -0.534 e. The standard InChI is InChI=1S/C7H7O.C2H6.Fe.Rf/c1-6-2-4-7(8)5-3-6;1-2;;/h2-4,8H,1H3;1-2H3;;/q-1;;;. The number of aromatic hydroxyl groups is 1. The Kier molecular flexibility index (Phi) is 13.4. The third kappa shape index (κ3) is 6.66. The van der Waals surface area contributed by atoms with Gasteiger partial charge in [-0.25, -0.2) is 0 Å². The van der Waals surface area contributed by atoms with Crippen LogP contribution in [0, 0.1) is 13.0 Å². The summed E-state index contributed by atoms with van der Waals surface area (Å²) in [5.41, 5.74) is 1.11. The van der Waals surface area contributed by atoms with Crippen molar-refractivity contribution in [2.75, 3.05) is 0 Å². The number of hydrogen-bond donors (Lipinski definition) is 1. The second kappa shape index (κ2) is 9.54. The molecule has 0 heterocycles. The first-order valence-corrected chi connectivity index (χ1v) is 3.46. The van der Waals surface area contributed by atoms with Gasteiger partial charge < -0.3 is 5.11 Å². The summed E-state index contributed by atoms with van der Waals surface area (Å²) in [4.78, 5) is 0.